The summed E-state index contributed by atoms with van der Waals surface area (Å²) in [7, 11) is 0. The van der Waals surface area contributed by atoms with Gasteiger partial charge in [0.05, 0.1) is 6.04 Å². The second kappa shape index (κ2) is 5.01. The van der Waals surface area contributed by atoms with E-state index >= 15 is 0 Å². The third-order valence-electron chi connectivity index (χ3n) is 2.87. The number of hydrogen-bond acceptors (Lipinski definition) is 2. The van der Waals surface area contributed by atoms with Gasteiger partial charge in [0.15, 0.2) is 0 Å². The molecule has 1 aromatic carbocycles. The Labute approximate surface area is 95.8 Å². The number of rotatable bonds is 3. The molecule has 1 saturated carbocycles. The first-order valence-electron chi connectivity index (χ1n) is 5.74. The summed E-state index contributed by atoms with van der Waals surface area (Å²) < 4.78 is 5.87. The molecule has 2 unspecified atom stereocenters. The van der Waals surface area contributed by atoms with Gasteiger partial charge in [-0.15, -0.1) is 0 Å². The van der Waals surface area contributed by atoms with Crippen LogP contribution in [0.25, 0.3) is 0 Å². The lowest BCUT2D eigenvalue weighted by atomic mass is 10.2. The Morgan fingerprint density at radius 3 is 2.75 bits per heavy atom. The van der Waals surface area contributed by atoms with Crippen LogP contribution in [0.4, 0.5) is 0 Å². The molecule has 0 saturated heterocycles. The van der Waals surface area contributed by atoms with Crippen LogP contribution in [0.1, 0.15) is 26.2 Å². The van der Waals surface area contributed by atoms with Crippen LogP contribution in [0.5, 0.6) is 5.75 Å². The van der Waals surface area contributed by atoms with Crippen LogP contribution in [-0.4, -0.2) is 18.1 Å². The number of amides is 1. The van der Waals surface area contributed by atoms with Crippen molar-refractivity contribution >= 4 is 5.91 Å². The van der Waals surface area contributed by atoms with Crippen LogP contribution in [0.15, 0.2) is 30.3 Å². The molecule has 2 rings (SSSR count). The van der Waals surface area contributed by atoms with E-state index in [2.05, 4.69) is 5.32 Å². The molecule has 3 heteroatoms. The zero-order valence-corrected chi connectivity index (χ0v) is 9.48. The van der Waals surface area contributed by atoms with Crippen molar-refractivity contribution in [3.8, 4) is 5.75 Å². The van der Waals surface area contributed by atoms with Crippen molar-refractivity contribution in [1.29, 1.82) is 0 Å². The van der Waals surface area contributed by atoms with Crippen molar-refractivity contribution in [3.63, 3.8) is 0 Å². The number of nitrogens with one attached hydrogen (secondary N) is 1. The molecule has 2 atom stereocenters. The molecule has 0 aliphatic heterocycles. The van der Waals surface area contributed by atoms with E-state index in [1.807, 2.05) is 30.3 Å². The molecule has 3 nitrogen and oxygen atoms in total. The lowest BCUT2D eigenvalue weighted by molar-refractivity contribution is -0.120. The van der Waals surface area contributed by atoms with E-state index in [1.165, 1.54) is 0 Å². The molecular weight excluding hydrogens is 202 g/mol. The first-order chi connectivity index (χ1) is 7.75. The van der Waals surface area contributed by atoms with Gasteiger partial charge in [0, 0.05) is 6.92 Å². The molecule has 1 N–H and O–H groups in total. The van der Waals surface area contributed by atoms with Gasteiger partial charge >= 0.3 is 0 Å². The molecular formula is C13H17NO2. The highest BCUT2D eigenvalue weighted by atomic mass is 16.5. The van der Waals surface area contributed by atoms with Gasteiger partial charge in [0.25, 0.3) is 0 Å². The molecule has 0 bridgehead atoms. The van der Waals surface area contributed by atoms with Gasteiger partial charge in [-0.2, -0.15) is 0 Å². The SMILES string of the molecule is CC(=O)NC1CCCC1Oc1ccccc1. The average Bonchev–Trinajstić information content (AvgIpc) is 2.66. The van der Waals surface area contributed by atoms with E-state index in [-0.39, 0.29) is 18.1 Å². The summed E-state index contributed by atoms with van der Waals surface area (Å²) in [6.07, 6.45) is 3.26. The van der Waals surface area contributed by atoms with Crippen LogP contribution >= 0.6 is 0 Å². The largest absolute Gasteiger partial charge is 0.488 e. The molecule has 1 aliphatic rings. The van der Waals surface area contributed by atoms with E-state index < -0.39 is 0 Å². The van der Waals surface area contributed by atoms with Crippen molar-refractivity contribution in [2.45, 2.75) is 38.3 Å². The molecule has 0 radical (unpaired) electrons. The fourth-order valence-corrected chi connectivity index (χ4v) is 2.17. The highest BCUT2D eigenvalue weighted by Gasteiger charge is 2.29. The Morgan fingerprint density at radius 2 is 2.06 bits per heavy atom. The van der Waals surface area contributed by atoms with Crippen LogP contribution < -0.4 is 10.1 Å². The van der Waals surface area contributed by atoms with Gasteiger partial charge in [0.2, 0.25) is 5.91 Å². The fourth-order valence-electron chi connectivity index (χ4n) is 2.17. The molecule has 1 fully saturated rings. The fraction of sp³-hybridized carbons (Fsp3) is 0.462. The summed E-state index contributed by atoms with van der Waals surface area (Å²) in [5, 5.41) is 2.95. The minimum Gasteiger partial charge on any atom is -0.488 e. The third-order valence-corrected chi connectivity index (χ3v) is 2.87. The highest BCUT2D eigenvalue weighted by Crippen LogP contribution is 2.24. The minimum atomic E-state index is 0.0218. The van der Waals surface area contributed by atoms with Gasteiger partial charge in [-0.25, -0.2) is 0 Å². The lowest BCUT2D eigenvalue weighted by Crippen LogP contribution is -2.41. The number of para-hydroxylation sites is 1. The van der Waals surface area contributed by atoms with E-state index in [0.29, 0.717) is 0 Å². The molecule has 0 heterocycles. The molecule has 0 spiro atoms. The van der Waals surface area contributed by atoms with Crippen LogP contribution in [0.3, 0.4) is 0 Å². The maximum Gasteiger partial charge on any atom is 0.217 e. The molecule has 1 amide bonds. The molecule has 86 valence electrons. The quantitative estimate of drug-likeness (QED) is 0.845. The van der Waals surface area contributed by atoms with Gasteiger partial charge in [0.1, 0.15) is 11.9 Å². The van der Waals surface area contributed by atoms with E-state index in [0.717, 1.165) is 25.0 Å². The van der Waals surface area contributed by atoms with Crippen molar-refractivity contribution in [2.24, 2.45) is 0 Å². The topological polar surface area (TPSA) is 38.3 Å². The first kappa shape index (κ1) is 11.0. The van der Waals surface area contributed by atoms with Crippen LogP contribution in [0.2, 0.25) is 0 Å². The number of hydrogen-bond donors (Lipinski definition) is 1. The van der Waals surface area contributed by atoms with Crippen LogP contribution in [0, 0.1) is 0 Å². The Hall–Kier alpha value is -1.51. The van der Waals surface area contributed by atoms with Gasteiger partial charge in [-0.3, -0.25) is 4.79 Å². The monoisotopic (exact) mass is 219 g/mol. The number of carbonyl (C=O) groups is 1. The average molecular weight is 219 g/mol. The smallest absolute Gasteiger partial charge is 0.217 e. The van der Waals surface area contributed by atoms with Crippen molar-refractivity contribution in [2.75, 3.05) is 0 Å². The molecule has 16 heavy (non-hydrogen) atoms. The van der Waals surface area contributed by atoms with Gasteiger partial charge in [-0.1, -0.05) is 18.2 Å². The summed E-state index contributed by atoms with van der Waals surface area (Å²) in [6.45, 7) is 1.55. The van der Waals surface area contributed by atoms with Gasteiger partial charge < -0.3 is 10.1 Å². The number of ether oxygens (including phenoxy) is 1. The second-order valence-corrected chi connectivity index (χ2v) is 4.21. The van der Waals surface area contributed by atoms with E-state index in [4.69, 9.17) is 4.74 Å². The zero-order chi connectivity index (χ0) is 11.4. The standard InChI is InChI=1S/C13H17NO2/c1-10(15)14-12-8-5-9-13(12)16-11-6-3-2-4-7-11/h2-4,6-7,12-13H,5,8-9H2,1H3,(H,14,15). The summed E-state index contributed by atoms with van der Waals surface area (Å²) in [5.41, 5.74) is 0. The lowest BCUT2D eigenvalue weighted by Gasteiger charge is -2.21. The molecule has 0 aromatic heterocycles. The summed E-state index contributed by atoms with van der Waals surface area (Å²) in [6, 6.07) is 9.94. The predicted molar refractivity (Wildman–Crippen MR) is 62.3 cm³/mol. The van der Waals surface area contributed by atoms with Crippen molar-refractivity contribution in [1.82, 2.24) is 5.32 Å². The Morgan fingerprint density at radius 1 is 1.31 bits per heavy atom. The Kier molecular flexibility index (Phi) is 3.44. The molecule has 1 aromatic rings. The number of benzene rings is 1. The van der Waals surface area contributed by atoms with E-state index in [1.54, 1.807) is 6.92 Å². The third kappa shape index (κ3) is 2.75. The molecule has 1 aliphatic carbocycles. The highest BCUT2D eigenvalue weighted by molar-refractivity contribution is 5.73. The van der Waals surface area contributed by atoms with Gasteiger partial charge in [-0.05, 0) is 31.4 Å². The second-order valence-electron chi connectivity index (χ2n) is 4.21. The summed E-state index contributed by atoms with van der Waals surface area (Å²) in [4.78, 5) is 11.0. The Bertz CT molecular complexity index is 350. The first-order valence-corrected chi connectivity index (χ1v) is 5.74. The van der Waals surface area contributed by atoms with Crippen LogP contribution in [-0.2, 0) is 4.79 Å². The predicted octanol–water partition coefficient (Wildman–Crippen LogP) is 2.12. The zero-order valence-electron chi connectivity index (χ0n) is 9.48. The van der Waals surface area contributed by atoms with Crippen molar-refractivity contribution in [3.05, 3.63) is 30.3 Å². The maximum atomic E-state index is 11.0. The normalized spacial score (nSPS) is 24.1. The Balaban J connectivity index is 1.96. The minimum absolute atomic E-state index is 0.0218. The maximum absolute atomic E-state index is 11.0. The number of carbonyl (C=O) groups excluding carboxylic acids is 1. The summed E-state index contributed by atoms with van der Waals surface area (Å²) in [5.74, 6) is 0.901. The summed E-state index contributed by atoms with van der Waals surface area (Å²) >= 11 is 0. The van der Waals surface area contributed by atoms with E-state index in [9.17, 15) is 4.79 Å². The van der Waals surface area contributed by atoms with Crippen molar-refractivity contribution < 1.29 is 9.53 Å².